The highest BCUT2D eigenvalue weighted by molar-refractivity contribution is 7.92. The molecule has 1 aliphatic rings. The lowest BCUT2D eigenvalue weighted by molar-refractivity contribution is 0.0934. The van der Waals surface area contributed by atoms with Crippen LogP contribution in [0.1, 0.15) is 61.5 Å². The smallest absolute Gasteiger partial charge is 0.251 e. The van der Waals surface area contributed by atoms with Gasteiger partial charge >= 0.3 is 0 Å². The maximum absolute atomic E-state index is 12.9. The van der Waals surface area contributed by atoms with Gasteiger partial charge in [-0.1, -0.05) is 50.2 Å². The molecule has 1 fully saturated rings. The van der Waals surface area contributed by atoms with Crippen molar-refractivity contribution in [3.8, 4) is 0 Å². The van der Waals surface area contributed by atoms with Gasteiger partial charge in [0.1, 0.15) is 0 Å². The number of hydrogen-bond acceptors (Lipinski definition) is 3. The van der Waals surface area contributed by atoms with Gasteiger partial charge in [-0.05, 0) is 61.8 Å². The van der Waals surface area contributed by atoms with Gasteiger partial charge in [0.2, 0.25) is 10.0 Å². The van der Waals surface area contributed by atoms with Gasteiger partial charge in [-0.3, -0.25) is 9.10 Å². The van der Waals surface area contributed by atoms with Crippen LogP contribution in [0.2, 0.25) is 0 Å². The van der Waals surface area contributed by atoms with Gasteiger partial charge in [0.25, 0.3) is 5.91 Å². The second kappa shape index (κ2) is 8.80. The van der Waals surface area contributed by atoms with Crippen LogP contribution in [0, 0.1) is 6.92 Å². The van der Waals surface area contributed by atoms with E-state index < -0.39 is 10.0 Å². The molecule has 2 aromatic carbocycles. The molecule has 0 aliphatic carbocycles. The van der Waals surface area contributed by atoms with Crippen LogP contribution in [0.3, 0.4) is 0 Å². The molecule has 0 spiro atoms. The summed E-state index contributed by atoms with van der Waals surface area (Å²) < 4.78 is 26.5. The Hall–Kier alpha value is -2.34. The topological polar surface area (TPSA) is 66.5 Å². The fraction of sp³-hybridized carbons (Fsp3) is 0.458. The molecule has 1 heterocycles. The quantitative estimate of drug-likeness (QED) is 0.741. The van der Waals surface area contributed by atoms with Crippen LogP contribution in [0.5, 0.6) is 0 Å². The first kappa shape index (κ1) is 22.3. The predicted octanol–water partition coefficient (Wildman–Crippen LogP) is 4.41. The molecule has 1 saturated heterocycles. The number of rotatable bonds is 6. The number of benzene rings is 2. The molecular weight excluding hydrogens is 396 g/mol. The molecular formula is C24H32N2O3S. The van der Waals surface area contributed by atoms with Crippen molar-refractivity contribution in [1.82, 2.24) is 5.32 Å². The Bertz CT molecular complexity index is 1000. The number of carbonyl (C=O) groups excluding carboxylic acids is 1. The summed E-state index contributed by atoms with van der Waals surface area (Å²) in [5, 5.41) is 3.09. The van der Waals surface area contributed by atoms with Gasteiger partial charge in [-0.15, -0.1) is 0 Å². The molecule has 30 heavy (non-hydrogen) atoms. The Balaban J connectivity index is 1.74. The third kappa shape index (κ3) is 5.04. The Labute approximate surface area is 180 Å². The minimum atomic E-state index is -3.32. The summed E-state index contributed by atoms with van der Waals surface area (Å²) in [6, 6.07) is 15.6. The average molecular weight is 429 g/mol. The van der Waals surface area contributed by atoms with Crippen molar-refractivity contribution in [3.63, 3.8) is 0 Å². The van der Waals surface area contributed by atoms with Crippen molar-refractivity contribution in [2.45, 2.75) is 58.4 Å². The molecule has 0 aromatic heterocycles. The number of sulfonamides is 1. The van der Waals surface area contributed by atoms with E-state index >= 15 is 0 Å². The summed E-state index contributed by atoms with van der Waals surface area (Å²) in [5.41, 5.74) is 3.11. The van der Waals surface area contributed by atoms with Gasteiger partial charge in [0.05, 0.1) is 11.4 Å². The number of aryl methyl sites for hydroxylation is 1. The van der Waals surface area contributed by atoms with Gasteiger partial charge in [0, 0.05) is 18.2 Å². The first-order chi connectivity index (χ1) is 14.1. The highest BCUT2D eigenvalue weighted by Gasteiger charge is 2.28. The normalized spacial score (nSPS) is 17.4. The SMILES string of the molecule is Cc1ccc(C(=O)N[C@H](C)CC(C)(C)c2ccccc2)cc1N1CCCCS1(=O)=O. The van der Waals surface area contributed by atoms with Crippen molar-refractivity contribution in [2.24, 2.45) is 0 Å². The summed E-state index contributed by atoms with van der Waals surface area (Å²) >= 11 is 0. The van der Waals surface area contributed by atoms with E-state index in [1.165, 1.54) is 9.87 Å². The third-order valence-electron chi connectivity index (χ3n) is 5.84. The highest BCUT2D eigenvalue weighted by atomic mass is 32.2. The molecule has 3 rings (SSSR count). The van der Waals surface area contributed by atoms with Crippen LogP contribution in [-0.2, 0) is 15.4 Å². The lowest BCUT2D eigenvalue weighted by Gasteiger charge is -2.30. The minimum Gasteiger partial charge on any atom is -0.350 e. The molecule has 1 N–H and O–H groups in total. The summed E-state index contributed by atoms with van der Waals surface area (Å²) in [4.78, 5) is 12.9. The third-order valence-corrected chi connectivity index (χ3v) is 7.69. The molecule has 0 bridgehead atoms. The van der Waals surface area contributed by atoms with E-state index in [9.17, 15) is 13.2 Å². The largest absolute Gasteiger partial charge is 0.350 e. The molecule has 1 aliphatic heterocycles. The van der Waals surface area contributed by atoms with Crippen LogP contribution >= 0.6 is 0 Å². The maximum Gasteiger partial charge on any atom is 0.251 e. The van der Waals surface area contributed by atoms with E-state index in [0.717, 1.165) is 18.4 Å². The van der Waals surface area contributed by atoms with E-state index in [1.807, 2.05) is 38.1 Å². The van der Waals surface area contributed by atoms with Crippen LogP contribution in [0.4, 0.5) is 5.69 Å². The zero-order chi connectivity index (χ0) is 21.9. The van der Waals surface area contributed by atoms with E-state index in [4.69, 9.17) is 0 Å². The lowest BCUT2D eigenvalue weighted by Crippen LogP contribution is -2.39. The number of nitrogens with one attached hydrogen (secondary N) is 1. The molecule has 0 saturated carbocycles. The summed E-state index contributed by atoms with van der Waals surface area (Å²) in [5.74, 6) is -0.0175. The molecule has 6 heteroatoms. The molecule has 1 amide bonds. The van der Waals surface area contributed by atoms with E-state index in [1.54, 1.807) is 12.1 Å². The van der Waals surface area contributed by atoms with Crippen molar-refractivity contribution >= 4 is 21.6 Å². The summed E-state index contributed by atoms with van der Waals surface area (Å²) in [6.07, 6.45) is 2.31. The second-order valence-corrected chi connectivity index (χ2v) is 10.9. The monoisotopic (exact) mass is 428 g/mol. The predicted molar refractivity (Wildman–Crippen MR) is 123 cm³/mol. The lowest BCUT2D eigenvalue weighted by atomic mass is 9.79. The second-order valence-electron chi connectivity index (χ2n) is 8.93. The molecule has 5 nitrogen and oxygen atoms in total. The van der Waals surface area contributed by atoms with E-state index in [-0.39, 0.29) is 23.1 Å². The van der Waals surface area contributed by atoms with Gasteiger partial charge in [-0.2, -0.15) is 0 Å². The Morgan fingerprint density at radius 3 is 2.50 bits per heavy atom. The van der Waals surface area contributed by atoms with Crippen LogP contribution in [0.25, 0.3) is 0 Å². The van der Waals surface area contributed by atoms with Crippen LogP contribution in [0.15, 0.2) is 48.5 Å². The molecule has 2 aromatic rings. The number of hydrogen-bond donors (Lipinski definition) is 1. The van der Waals surface area contributed by atoms with Crippen molar-refractivity contribution in [2.75, 3.05) is 16.6 Å². The first-order valence-corrected chi connectivity index (χ1v) is 12.2. The van der Waals surface area contributed by atoms with Crippen molar-refractivity contribution in [3.05, 3.63) is 65.2 Å². The van der Waals surface area contributed by atoms with Crippen LogP contribution in [-0.4, -0.2) is 32.7 Å². The first-order valence-electron chi connectivity index (χ1n) is 10.6. The molecule has 162 valence electrons. The van der Waals surface area contributed by atoms with Crippen molar-refractivity contribution in [1.29, 1.82) is 0 Å². The highest BCUT2D eigenvalue weighted by Crippen LogP contribution is 2.29. The number of nitrogens with zero attached hydrogens (tertiary/aromatic N) is 1. The van der Waals surface area contributed by atoms with Gasteiger partial charge in [0.15, 0.2) is 0 Å². The minimum absolute atomic E-state index is 0.0313. The summed E-state index contributed by atoms with van der Waals surface area (Å²) in [7, 11) is -3.32. The fourth-order valence-corrected chi connectivity index (χ4v) is 5.90. The van der Waals surface area contributed by atoms with Crippen LogP contribution < -0.4 is 9.62 Å². The molecule has 0 radical (unpaired) electrons. The zero-order valence-electron chi connectivity index (χ0n) is 18.3. The molecule has 1 atom stereocenters. The van der Waals surface area contributed by atoms with E-state index in [2.05, 4.69) is 31.3 Å². The molecule has 0 unspecified atom stereocenters. The van der Waals surface area contributed by atoms with Gasteiger partial charge in [-0.25, -0.2) is 8.42 Å². The Morgan fingerprint density at radius 2 is 1.83 bits per heavy atom. The number of carbonyl (C=O) groups is 1. The summed E-state index contributed by atoms with van der Waals surface area (Å²) in [6.45, 7) is 8.71. The maximum atomic E-state index is 12.9. The number of anilines is 1. The fourth-order valence-electron chi connectivity index (χ4n) is 4.21. The zero-order valence-corrected chi connectivity index (χ0v) is 19.1. The van der Waals surface area contributed by atoms with Gasteiger partial charge < -0.3 is 5.32 Å². The number of amides is 1. The Morgan fingerprint density at radius 1 is 1.13 bits per heavy atom. The standard InChI is InChI=1S/C24H32N2O3S/c1-18-12-13-20(16-22(18)26-14-8-9-15-30(26,28)29)23(27)25-19(2)17-24(3,4)21-10-6-5-7-11-21/h5-7,10-13,16,19H,8-9,14-15,17H2,1-4H3,(H,25,27)/t19-/m1/s1. The van der Waals surface area contributed by atoms with E-state index in [0.29, 0.717) is 24.2 Å². The Kier molecular flexibility index (Phi) is 6.56. The van der Waals surface area contributed by atoms with Crippen molar-refractivity contribution < 1.29 is 13.2 Å². The average Bonchev–Trinajstić information content (AvgIpc) is 2.68.